The van der Waals surface area contributed by atoms with E-state index in [0.29, 0.717) is 5.56 Å². The van der Waals surface area contributed by atoms with Gasteiger partial charge in [-0.3, -0.25) is 14.2 Å². The summed E-state index contributed by atoms with van der Waals surface area (Å²) in [4.78, 5) is 42.3. The Morgan fingerprint density at radius 1 is 1.30 bits per heavy atom. The van der Waals surface area contributed by atoms with Gasteiger partial charge in [-0.05, 0) is 25.0 Å². The molecule has 0 aliphatic carbocycles. The highest BCUT2D eigenvalue weighted by molar-refractivity contribution is 6.35. The van der Waals surface area contributed by atoms with Crippen molar-refractivity contribution in [1.82, 2.24) is 14.1 Å². The van der Waals surface area contributed by atoms with E-state index in [0.717, 1.165) is 12.0 Å². The molecule has 30 heavy (non-hydrogen) atoms. The van der Waals surface area contributed by atoms with Crippen LogP contribution >= 0.6 is 11.6 Å². The first-order valence-corrected chi connectivity index (χ1v) is 9.67. The van der Waals surface area contributed by atoms with Crippen LogP contribution in [-0.4, -0.2) is 33.0 Å². The van der Waals surface area contributed by atoms with E-state index in [2.05, 4.69) is 16.8 Å². The van der Waals surface area contributed by atoms with E-state index in [-0.39, 0.29) is 40.6 Å². The third kappa shape index (κ3) is 3.87. The molecule has 0 radical (unpaired) electrons. The largest absolute Gasteiger partial charge is 0.465 e. The minimum absolute atomic E-state index is 0.00158. The van der Waals surface area contributed by atoms with Crippen LogP contribution in [0.5, 0.6) is 0 Å². The lowest BCUT2D eigenvalue weighted by molar-refractivity contribution is 0.0602. The number of esters is 1. The van der Waals surface area contributed by atoms with Gasteiger partial charge in [-0.1, -0.05) is 42.6 Å². The summed E-state index contributed by atoms with van der Waals surface area (Å²) in [6.45, 7) is 3.56. The Hall–Kier alpha value is -3.37. The fraction of sp³-hybridized carbons (Fsp3) is 0.273. The lowest BCUT2D eigenvalue weighted by Crippen LogP contribution is -2.26. The average Bonchev–Trinajstić information content (AvgIpc) is 3.05. The van der Waals surface area contributed by atoms with E-state index >= 15 is 0 Å². The number of aromatic nitrogens is 3. The van der Waals surface area contributed by atoms with Crippen LogP contribution in [0.25, 0.3) is 11.0 Å². The average molecular weight is 426 g/mol. The number of carbonyl (C=O) groups is 2. The number of hydrogen-bond acceptors (Lipinski definition) is 5. The van der Waals surface area contributed by atoms with Crippen molar-refractivity contribution in [2.45, 2.75) is 33.4 Å². The molecule has 0 unspecified atom stereocenters. The maximum Gasteiger partial charge on any atom is 0.343 e. The van der Waals surface area contributed by atoms with E-state index in [9.17, 15) is 14.4 Å². The van der Waals surface area contributed by atoms with Crippen LogP contribution < -0.4 is 5.56 Å². The molecular formula is C22H20ClN3O4. The predicted octanol–water partition coefficient (Wildman–Crippen LogP) is 3.11. The molecule has 0 N–H and O–H groups in total. The lowest BCUT2D eigenvalue weighted by Gasteiger charge is -2.07. The number of fused-ring (bicyclic) bond motifs is 1. The van der Waals surface area contributed by atoms with Crippen LogP contribution in [-0.2, 0) is 24.2 Å². The number of halogens is 1. The second-order valence-corrected chi connectivity index (χ2v) is 6.88. The van der Waals surface area contributed by atoms with E-state index in [1.165, 1.54) is 22.6 Å². The van der Waals surface area contributed by atoms with Gasteiger partial charge >= 0.3 is 5.97 Å². The Labute approximate surface area is 178 Å². The van der Waals surface area contributed by atoms with Gasteiger partial charge in [-0.15, -0.1) is 5.92 Å². The Morgan fingerprint density at radius 2 is 2.07 bits per heavy atom. The molecule has 0 fully saturated rings. The number of aryl methyl sites for hydroxylation is 1. The molecule has 0 spiro atoms. The van der Waals surface area contributed by atoms with Crippen LogP contribution in [0.3, 0.4) is 0 Å². The van der Waals surface area contributed by atoms with Gasteiger partial charge in [-0.25, -0.2) is 9.78 Å². The summed E-state index contributed by atoms with van der Waals surface area (Å²) in [5, 5.41) is 0.0175. The standard InChI is InChI=1S/C22H20ClN3O4/c1-4-6-10-26-19-18(17(20(26)23)22(29)30-3)24-13-25(21(19)28)12-16(27)15-9-7-8-14(5-2)11-15/h7-9,11,13H,5,10,12H2,1-3H3. The molecule has 1 aromatic carbocycles. The number of Topliss-reactive ketones (excluding diaryl/α,β-unsaturated/α-hetero) is 1. The number of nitrogens with zero attached hydrogens (tertiary/aromatic N) is 3. The number of ether oxygens (including phenoxy) is 1. The van der Waals surface area contributed by atoms with E-state index < -0.39 is 11.5 Å². The molecule has 0 aliphatic rings. The Bertz CT molecular complexity index is 1260. The van der Waals surface area contributed by atoms with Crippen molar-refractivity contribution in [1.29, 1.82) is 0 Å². The summed E-state index contributed by atoms with van der Waals surface area (Å²) in [6.07, 6.45) is 2.04. The smallest absolute Gasteiger partial charge is 0.343 e. The van der Waals surface area contributed by atoms with Crippen molar-refractivity contribution in [2.75, 3.05) is 7.11 Å². The van der Waals surface area contributed by atoms with Gasteiger partial charge in [0.1, 0.15) is 21.7 Å². The minimum Gasteiger partial charge on any atom is -0.465 e. The summed E-state index contributed by atoms with van der Waals surface area (Å²) in [5.74, 6) is 4.63. The van der Waals surface area contributed by atoms with Gasteiger partial charge in [0.15, 0.2) is 5.78 Å². The van der Waals surface area contributed by atoms with Crippen molar-refractivity contribution in [3.05, 3.63) is 62.8 Å². The van der Waals surface area contributed by atoms with Crippen LogP contribution in [0.1, 0.15) is 40.1 Å². The van der Waals surface area contributed by atoms with Crippen LogP contribution in [0.2, 0.25) is 5.15 Å². The van der Waals surface area contributed by atoms with Crippen LogP contribution in [0.15, 0.2) is 35.4 Å². The Morgan fingerprint density at radius 3 is 2.73 bits per heavy atom. The molecule has 7 nitrogen and oxygen atoms in total. The molecule has 2 aromatic heterocycles. The fourth-order valence-electron chi connectivity index (χ4n) is 3.15. The molecule has 2 heterocycles. The summed E-state index contributed by atoms with van der Waals surface area (Å²) < 4.78 is 7.40. The maximum atomic E-state index is 13.2. The molecule has 0 saturated carbocycles. The number of ketones is 1. The van der Waals surface area contributed by atoms with Gasteiger partial charge in [0.2, 0.25) is 0 Å². The van der Waals surface area contributed by atoms with E-state index in [1.807, 2.05) is 25.1 Å². The number of methoxy groups -OCH3 is 1. The first kappa shape index (κ1) is 21.3. The molecule has 0 amide bonds. The highest BCUT2D eigenvalue weighted by Crippen LogP contribution is 2.27. The molecule has 0 saturated heterocycles. The van der Waals surface area contributed by atoms with Crippen LogP contribution in [0, 0.1) is 11.8 Å². The normalized spacial score (nSPS) is 10.5. The predicted molar refractivity (Wildman–Crippen MR) is 114 cm³/mol. The van der Waals surface area contributed by atoms with Gasteiger partial charge in [0, 0.05) is 5.56 Å². The number of hydrogen-bond donors (Lipinski definition) is 0. The quantitative estimate of drug-likeness (QED) is 0.344. The van der Waals surface area contributed by atoms with Gasteiger partial charge in [-0.2, -0.15) is 0 Å². The van der Waals surface area contributed by atoms with Gasteiger partial charge in [0.05, 0.1) is 26.5 Å². The number of benzene rings is 1. The summed E-state index contributed by atoms with van der Waals surface area (Å²) in [7, 11) is 1.22. The summed E-state index contributed by atoms with van der Waals surface area (Å²) in [5.41, 5.74) is 1.27. The molecule has 0 atom stereocenters. The first-order valence-electron chi connectivity index (χ1n) is 9.30. The van der Waals surface area contributed by atoms with E-state index in [1.54, 1.807) is 13.0 Å². The highest BCUT2D eigenvalue weighted by atomic mass is 35.5. The maximum absolute atomic E-state index is 13.2. The third-order valence-corrected chi connectivity index (χ3v) is 5.13. The van der Waals surface area contributed by atoms with Crippen molar-refractivity contribution in [3.8, 4) is 11.8 Å². The molecule has 0 bridgehead atoms. The topological polar surface area (TPSA) is 83.2 Å². The molecule has 3 rings (SSSR count). The van der Waals surface area contributed by atoms with Crippen molar-refractivity contribution in [3.63, 3.8) is 0 Å². The van der Waals surface area contributed by atoms with Gasteiger partial charge < -0.3 is 9.30 Å². The fourth-order valence-corrected chi connectivity index (χ4v) is 3.46. The van der Waals surface area contributed by atoms with Gasteiger partial charge in [0.25, 0.3) is 5.56 Å². The highest BCUT2D eigenvalue weighted by Gasteiger charge is 2.26. The van der Waals surface area contributed by atoms with Crippen LogP contribution in [0.4, 0.5) is 0 Å². The molecule has 8 heteroatoms. The van der Waals surface area contributed by atoms with Crippen molar-refractivity contribution < 1.29 is 14.3 Å². The second-order valence-electron chi connectivity index (χ2n) is 6.52. The van der Waals surface area contributed by atoms with Crippen molar-refractivity contribution in [2.24, 2.45) is 0 Å². The zero-order chi connectivity index (χ0) is 21.8. The molecular weight excluding hydrogens is 406 g/mol. The lowest BCUT2D eigenvalue weighted by atomic mass is 10.1. The number of carbonyl (C=O) groups excluding carboxylic acids is 2. The zero-order valence-corrected chi connectivity index (χ0v) is 17.6. The third-order valence-electron chi connectivity index (χ3n) is 4.74. The SMILES string of the molecule is CC#CCn1c(Cl)c(C(=O)OC)c2ncn(CC(=O)c3cccc(CC)c3)c(=O)c21. The summed E-state index contributed by atoms with van der Waals surface area (Å²) in [6, 6.07) is 7.27. The second kappa shape index (κ2) is 8.97. The molecule has 3 aromatic rings. The van der Waals surface area contributed by atoms with Crippen molar-refractivity contribution >= 4 is 34.4 Å². The van der Waals surface area contributed by atoms with E-state index in [4.69, 9.17) is 16.3 Å². The molecule has 154 valence electrons. The monoisotopic (exact) mass is 425 g/mol. The summed E-state index contributed by atoms with van der Waals surface area (Å²) >= 11 is 6.36. The number of rotatable bonds is 6. The minimum atomic E-state index is -0.703. The Kier molecular flexibility index (Phi) is 6.38. The zero-order valence-electron chi connectivity index (χ0n) is 16.9. The Balaban J connectivity index is 2.12. The molecule has 0 aliphatic heterocycles. The first-order chi connectivity index (χ1) is 14.4.